The summed E-state index contributed by atoms with van der Waals surface area (Å²) in [7, 11) is 0. The van der Waals surface area contributed by atoms with E-state index in [0.29, 0.717) is 0 Å². The van der Waals surface area contributed by atoms with Crippen LogP contribution in [0.1, 0.15) is 89.9 Å². The highest BCUT2D eigenvalue weighted by molar-refractivity contribution is 5.38. The fraction of sp³-hybridized carbons (Fsp3) is 0.700. The first-order valence-electron chi connectivity index (χ1n) is 8.93. The van der Waals surface area contributed by atoms with Crippen molar-refractivity contribution in [3.05, 3.63) is 35.5 Å². The van der Waals surface area contributed by atoms with Crippen LogP contribution in [0.25, 0.3) is 0 Å². The van der Waals surface area contributed by atoms with E-state index in [1.165, 1.54) is 89.0 Å². The Balaban J connectivity index is 2.03. The average molecular weight is 271 g/mol. The second-order valence-corrected chi connectivity index (χ2v) is 6.34. The van der Waals surface area contributed by atoms with Gasteiger partial charge in [-0.05, 0) is 68.6 Å². The van der Waals surface area contributed by atoms with Crippen LogP contribution in [-0.2, 0) is 0 Å². The second-order valence-electron chi connectivity index (χ2n) is 6.34. The van der Waals surface area contributed by atoms with Gasteiger partial charge in [0, 0.05) is 0 Å². The third kappa shape index (κ3) is 6.11. The Morgan fingerprint density at radius 3 is 2.30 bits per heavy atom. The predicted molar refractivity (Wildman–Crippen MR) is 88.6 cm³/mol. The van der Waals surface area contributed by atoms with Crippen LogP contribution in [0.4, 0.5) is 0 Å². The van der Waals surface area contributed by atoms with E-state index < -0.39 is 0 Å². The molecule has 2 aliphatic rings. The second kappa shape index (κ2) is 10.0. The molecule has 2 rings (SSSR count). The predicted octanol–water partition coefficient (Wildman–Crippen LogP) is 6.69. The molecule has 1 radical (unpaired) electrons. The van der Waals surface area contributed by atoms with Crippen molar-refractivity contribution in [2.75, 3.05) is 0 Å². The SMILES string of the molecule is [C]1=C(/C2=C\CCCCCCCC2)\C=C\CCCCCC/1. The molecule has 0 fully saturated rings. The van der Waals surface area contributed by atoms with Crippen molar-refractivity contribution in [1.29, 1.82) is 0 Å². The van der Waals surface area contributed by atoms with Gasteiger partial charge in [0.15, 0.2) is 0 Å². The topological polar surface area (TPSA) is 0 Å². The molecule has 0 aromatic heterocycles. The molecule has 20 heavy (non-hydrogen) atoms. The first-order valence-corrected chi connectivity index (χ1v) is 8.93. The minimum absolute atomic E-state index is 1.15. The van der Waals surface area contributed by atoms with Crippen LogP contribution >= 0.6 is 0 Å². The molecule has 0 bridgehead atoms. The molecule has 0 N–H and O–H groups in total. The lowest BCUT2D eigenvalue weighted by Gasteiger charge is -2.12. The van der Waals surface area contributed by atoms with Crippen LogP contribution in [-0.4, -0.2) is 0 Å². The van der Waals surface area contributed by atoms with E-state index in [-0.39, 0.29) is 0 Å². The molecule has 111 valence electrons. The third-order valence-electron chi connectivity index (χ3n) is 4.53. The molecular formula is C20H31. The highest BCUT2D eigenvalue weighted by atomic mass is 14.1. The van der Waals surface area contributed by atoms with Crippen molar-refractivity contribution in [2.24, 2.45) is 0 Å². The van der Waals surface area contributed by atoms with Gasteiger partial charge in [0.1, 0.15) is 0 Å². The van der Waals surface area contributed by atoms with Gasteiger partial charge in [-0.1, -0.05) is 56.8 Å². The minimum atomic E-state index is 1.15. The molecule has 0 saturated heterocycles. The lowest BCUT2D eigenvalue weighted by Crippen LogP contribution is -1.94. The normalized spacial score (nSPS) is 30.4. The molecule has 0 aliphatic heterocycles. The molecule has 0 aromatic rings. The zero-order valence-corrected chi connectivity index (χ0v) is 13.1. The number of rotatable bonds is 1. The van der Waals surface area contributed by atoms with Gasteiger partial charge in [-0.15, -0.1) is 0 Å². The summed E-state index contributed by atoms with van der Waals surface area (Å²) in [5.74, 6) is 0. The Bertz CT molecular complexity index is 343. The van der Waals surface area contributed by atoms with Gasteiger partial charge in [0.25, 0.3) is 0 Å². The van der Waals surface area contributed by atoms with Crippen LogP contribution in [0.5, 0.6) is 0 Å². The number of allylic oxidation sites excluding steroid dienone is 6. The van der Waals surface area contributed by atoms with Crippen LogP contribution in [0.15, 0.2) is 29.4 Å². The smallest absolute Gasteiger partial charge is 0.0196 e. The molecule has 0 saturated carbocycles. The zero-order chi connectivity index (χ0) is 13.9. The van der Waals surface area contributed by atoms with Crippen LogP contribution in [0.3, 0.4) is 0 Å². The van der Waals surface area contributed by atoms with Crippen molar-refractivity contribution < 1.29 is 0 Å². The van der Waals surface area contributed by atoms with E-state index in [9.17, 15) is 0 Å². The van der Waals surface area contributed by atoms with E-state index in [1.807, 2.05) is 0 Å². The summed E-state index contributed by atoms with van der Waals surface area (Å²) in [6.07, 6.45) is 29.8. The van der Waals surface area contributed by atoms with Crippen LogP contribution < -0.4 is 0 Å². The first-order chi connectivity index (χ1) is 9.97. The highest BCUT2D eigenvalue weighted by Gasteiger charge is 2.05. The van der Waals surface area contributed by atoms with E-state index in [4.69, 9.17) is 0 Å². The standard InChI is InChI=1S/C20H31/c1-3-7-11-15-19(16-12-8-4-1)20-17-13-9-5-2-6-10-14-18-20/h11,15,17H,1-10,12-14,18H2/b15-11+,19-16?,20-17-. The molecule has 0 unspecified atom stereocenters. The van der Waals surface area contributed by atoms with Gasteiger partial charge in [-0.25, -0.2) is 0 Å². The Morgan fingerprint density at radius 1 is 0.700 bits per heavy atom. The summed E-state index contributed by atoms with van der Waals surface area (Å²) in [6, 6.07) is 0. The van der Waals surface area contributed by atoms with Gasteiger partial charge in [0.2, 0.25) is 0 Å². The fourth-order valence-corrected chi connectivity index (χ4v) is 3.23. The van der Waals surface area contributed by atoms with Gasteiger partial charge < -0.3 is 0 Å². The van der Waals surface area contributed by atoms with Crippen molar-refractivity contribution >= 4 is 0 Å². The molecule has 0 heterocycles. The molecule has 0 nitrogen and oxygen atoms in total. The molecule has 0 aromatic carbocycles. The lowest BCUT2D eigenvalue weighted by molar-refractivity contribution is 0.586. The average Bonchev–Trinajstić information content (AvgIpc) is 2.50. The minimum Gasteiger partial charge on any atom is -0.0839 e. The zero-order valence-electron chi connectivity index (χ0n) is 13.1. The summed E-state index contributed by atoms with van der Waals surface area (Å²) in [6.45, 7) is 0. The van der Waals surface area contributed by atoms with Crippen LogP contribution in [0.2, 0.25) is 0 Å². The maximum absolute atomic E-state index is 3.70. The molecule has 0 atom stereocenters. The molecule has 0 amide bonds. The Morgan fingerprint density at radius 2 is 1.40 bits per heavy atom. The third-order valence-corrected chi connectivity index (χ3v) is 4.53. The summed E-state index contributed by atoms with van der Waals surface area (Å²) in [5.41, 5.74) is 3.01. The maximum Gasteiger partial charge on any atom is -0.0196 e. The van der Waals surface area contributed by atoms with Gasteiger partial charge in [-0.3, -0.25) is 0 Å². The van der Waals surface area contributed by atoms with E-state index in [1.54, 1.807) is 5.57 Å². The quantitative estimate of drug-likeness (QED) is 0.498. The van der Waals surface area contributed by atoms with Crippen molar-refractivity contribution in [3.63, 3.8) is 0 Å². The largest absolute Gasteiger partial charge is 0.0839 e. The van der Waals surface area contributed by atoms with Gasteiger partial charge >= 0.3 is 0 Å². The summed E-state index contributed by atoms with van der Waals surface area (Å²) >= 11 is 0. The first kappa shape index (κ1) is 15.6. The van der Waals surface area contributed by atoms with Crippen molar-refractivity contribution in [3.8, 4) is 0 Å². The van der Waals surface area contributed by atoms with Gasteiger partial charge in [0.05, 0.1) is 0 Å². The van der Waals surface area contributed by atoms with E-state index in [2.05, 4.69) is 24.3 Å². The Hall–Kier alpha value is -0.780. The van der Waals surface area contributed by atoms with Crippen molar-refractivity contribution in [1.82, 2.24) is 0 Å². The monoisotopic (exact) mass is 271 g/mol. The summed E-state index contributed by atoms with van der Waals surface area (Å²) in [5, 5.41) is 0. The van der Waals surface area contributed by atoms with Crippen molar-refractivity contribution in [2.45, 2.75) is 89.9 Å². The Kier molecular flexibility index (Phi) is 7.82. The highest BCUT2D eigenvalue weighted by Crippen LogP contribution is 2.24. The molecular weight excluding hydrogens is 240 g/mol. The molecule has 0 spiro atoms. The fourth-order valence-electron chi connectivity index (χ4n) is 3.23. The number of hydrogen-bond acceptors (Lipinski definition) is 0. The Labute approximate surface area is 126 Å². The van der Waals surface area contributed by atoms with Crippen LogP contribution in [0, 0.1) is 6.08 Å². The summed E-state index contributed by atoms with van der Waals surface area (Å²) in [4.78, 5) is 0. The molecule has 0 heteroatoms. The molecule has 2 aliphatic carbocycles. The maximum atomic E-state index is 3.70. The van der Waals surface area contributed by atoms with E-state index in [0.717, 1.165) is 6.42 Å². The number of hydrogen-bond donors (Lipinski definition) is 0. The van der Waals surface area contributed by atoms with E-state index >= 15 is 0 Å². The van der Waals surface area contributed by atoms with Gasteiger partial charge in [-0.2, -0.15) is 0 Å². The lowest BCUT2D eigenvalue weighted by atomic mass is 9.93. The summed E-state index contributed by atoms with van der Waals surface area (Å²) < 4.78 is 0.